The van der Waals surface area contributed by atoms with Gasteiger partial charge in [-0.3, -0.25) is 14.4 Å². The summed E-state index contributed by atoms with van der Waals surface area (Å²) in [7, 11) is 8.22. The molecule has 0 aliphatic rings. The second kappa shape index (κ2) is 10.3. The van der Waals surface area contributed by atoms with Gasteiger partial charge in [0.15, 0.2) is 5.78 Å². The third kappa shape index (κ3) is 5.31. The van der Waals surface area contributed by atoms with Crippen molar-refractivity contribution in [1.82, 2.24) is 18.3 Å². The molecule has 0 aliphatic carbocycles. The highest BCUT2D eigenvalue weighted by molar-refractivity contribution is 6.06. The van der Waals surface area contributed by atoms with E-state index in [4.69, 9.17) is 4.74 Å². The van der Waals surface area contributed by atoms with E-state index in [9.17, 15) is 19.2 Å². The summed E-state index contributed by atoms with van der Waals surface area (Å²) in [5.41, 5.74) is 4.21. The van der Waals surface area contributed by atoms with E-state index in [1.54, 1.807) is 83.2 Å². The molecule has 4 rings (SSSR count). The number of ether oxygens (including phenoxy) is 1. The van der Waals surface area contributed by atoms with Crippen molar-refractivity contribution in [3.63, 3.8) is 0 Å². The van der Waals surface area contributed by atoms with Crippen molar-refractivity contribution in [1.29, 1.82) is 0 Å². The Kier molecular flexibility index (Phi) is 7.11. The molecule has 2 N–H and O–H groups in total. The molecule has 0 spiro atoms. The summed E-state index contributed by atoms with van der Waals surface area (Å²) < 4.78 is 11.4. The fraction of sp³-hybridized carbons (Fsp3) is 0.259. The van der Waals surface area contributed by atoms with Crippen LogP contribution in [0, 0.1) is 6.92 Å². The lowest BCUT2D eigenvalue weighted by molar-refractivity contribution is 0.0589. The van der Waals surface area contributed by atoms with Crippen molar-refractivity contribution in [2.45, 2.75) is 13.3 Å². The van der Waals surface area contributed by atoms with Crippen molar-refractivity contribution in [3.05, 3.63) is 83.0 Å². The quantitative estimate of drug-likeness (QED) is 0.274. The number of aryl methyl sites for hydroxylation is 5. The molecule has 0 radical (unpaired) electrons. The van der Waals surface area contributed by atoms with Gasteiger partial charge in [-0.05, 0) is 42.3 Å². The van der Waals surface area contributed by atoms with Crippen LogP contribution in [-0.2, 0) is 39.3 Å². The SMILES string of the molecule is COC(=O)c1cc(NC(=O)c2cc(CC(=O)c3cc(NC(=O)c4cc(C)cn4C)cn3C)cn2C)cn1C. The van der Waals surface area contributed by atoms with Gasteiger partial charge in [0.05, 0.1) is 24.2 Å². The number of esters is 1. The minimum absolute atomic E-state index is 0.0706. The summed E-state index contributed by atoms with van der Waals surface area (Å²) in [4.78, 5) is 50.4. The molecule has 4 aromatic heterocycles. The Bertz CT molecular complexity index is 1560. The molecule has 198 valence electrons. The number of Topliss-reactive ketones (excluding diaryl/α,β-unsaturated/α-hetero) is 1. The van der Waals surface area contributed by atoms with Crippen LogP contribution in [0.1, 0.15) is 53.1 Å². The fourth-order valence-electron chi connectivity index (χ4n) is 4.43. The van der Waals surface area contributed by atoms with E-state index in [2.05, 4.69) is 10.6 Å². The van der Waals surface area contributed by atoms with Crippen LogP contribution in [0.25, 0.3) is 0 Å². The maximum atomic E-state index is 13.1. The molecular weight excluding hydrogens is 488 g/mol. The number of methoxy groups -OCH3 is 1. The van der Waals surface area contributed by atoms with Crippen LogP contribution in [-0.4, -0.2) is 48.9 Å². The zero-order valence-corrected chi connectivity index (χ0v) is 22.2. The van der Waals surface area contributed by atoms with Gasteiger partial charge >= 0.3 is 5.97 Å². The first kappa shape index (κ1) is 26.3. The third-order valence-electron chi connectivity index (χ3n) is 6.24. The number of hydrogen-bond donors (Lipinski definition) is 2. The Morgan fingerprint density at radius 1 is 0.684 bits per heavy atom. The number of nitrogens with zero attached hydrogens (tertiary/aromatic N) is 4. The minimum atomic E-state index is -0.508. The molecule has 38 heavy (non-hydrogen) atoms. The monoisotopic (exact) mass is 518 g/mol. The first-order valence-electron chi connectivity index (χ1n) is 11.8. The standard InChI is InChI=1S/C27H30N6O5/c1-16-7-21(30(2)12-16)25(35)28-18-10-20(32(4)14-18)24(34)9-17-8-22(31(3)13-17)26(36)29-19-11-23(27(37)38-6)33(5)15-19/h7-8,10-15H,9H2,1-6H3,(H,28,35)(H,29,36). The van der Waals surface area contributed by atoms with Crippen LogP contribution in [0.3, 0.4) is 0 Å². The summed E-state index contributed by atoms with van der Waals surface area (Å²) in [6, 6.07) is 6.62. The van der Waals surface area contributed by atoms with E-state index in [1.165, 1.54) is 13.2 Å². The van der Waals surface area contributed by atoms with Crippen LogP contribution in [0.15, 0.2) is 49.1 Å². The Morgan fingerprint density at radius 2 is 1.18 bits per heavy atom. The van der Waals surface area contributed by atoms with Gasteiger partial charge in [-0.2, -0.15) is 0 Å². The lowest BCUT2D eigenvalue weighted by Crippen LogP contribution is -2.14. The average molecular weight is 519 g/mol. The van der Waals surface area contributed by atoms with E-state index >= 15 is 0 Å². The van der Waals surface area contributed by atoms with Gasteiger partial charge in [-0.25, -0.2) is 4.79 Å². The Hall–Kier alpha value is -4.80. The fourth-order valence-corrected chi connectivity index (χ4v) is 4.43. The van der Waals surface area contributed by atoms with Crippen LogP contribution in [0.5, 0.6) is 0 Å². The predicted octanol–water partition coefficient (Wildman–Crippen LogP) is 3.07. The van der Waals surface area contributed by atoms with Crippen molar-refractivity contribution >= 4 is 34.9 Å². The molecule has 0 saturated carbocycles. The second-order valence-corrected chi connectivity index (χ2v) is 9.31. The Balaban J connectivity index is 1.44. The van der Waals surface area contributed by atoms with Gasteiger partial charge in [0.1, 0.15) is 17.1 Å². The number of carbonyl (C=O) groups is 4. The summed E-state index contributed by atoms with van der Waals surface area (Å²) >= 11 is 0. The van der Waals surface area contributed by atoms with Gasteiger partial charge in [-0.1, -0.05) is 0 Å². The van der Waals surface area contributed by atoms with E-state index in [0.29, 0.717) is 39.7 Å². The second-order valence-electron chi connectivity index (χ2n) is 9.31. The molecular formula is C27H30N6O5. The van der Waals surface area contributed by atoms with Crippen molar-refractivity contribution in [3.8, 4) is 0 Å². The highest BCUT2D eigenvalue weighted by Gasteiger charge is 2.20. The Labute approximate surface area is 219 Å². The maximum Gasteiger partial charge on any atom is 0.354 e. The molecule has 0 fully saturated rings. The molecule has 4 heterocycles. The highest BCUT2D eigenvalue weighted by atomic mass is 16.5. The highest BCUT2D eigenvalue weighted by Crippen LogP contribution is 2.19. The van der Waals surface area contributed by atoms with E-state index in [0.717, 1.165) is 5.56 Å². The minimum Gasteiger partial charge on any atom is -0.464 e. The smallest absolute Gasteiger partial charge is 0.354 e. The first-order chi connectivity index (χ1) is 18.0. The molecule has 0 saturated heterocycles. The summed E-state index contributed by atoms with van der Waals surface area (Å²) in [5.74, 6) is -1.31. The molecule has 0 bridgehead atoms. The van der Waals surface area contributed by atoms with E-state index in [1.807, 2.05) is 13.1 Å². The topological polar surface area (TPSA) is 121 Å². The average Bonchev–Trinajstić information content (AvgIpc) is 3.59. The lowest BCUT2D eigenvalue weighted by atomic mass is 10.1. The van der Waals surface area contributed by atoms with Crippen molar-refractivity contribution in [2.75, 3.05) is 17.7 Å². The number of aromatic nitrogens is 4. The van der Waals surface area contributed by atoms with Crippen LogP contribution in [0.4, 0.5) is 11.4 Å². The van der Waals surface area contributed by atoms with Gasteiger partial charge in [0.25, 0.3) is 11.8 Å². The number of rotatable bonds is 8. The van der Waals surface area contributed by atoms with Gasteiger partial charge in [-0.15, -0.1) is 0 Å². The number of nitrogens with one attached hydrogen (secondary N) is 2. The van der Waals surface area contributed by atoms with Gasteiger partial charge in [0.2, 0.25) is 0 Å². The summed E-state index contributed by atoms with van der Waals surface area (Å²) in [5, 5.41) is 5.61. The van der Waals surface area contributed by atoms with Gasteiger partial charge < -0.3 is 33.6 Å². The van der Waals surface area contributed by atoms with E-state index in [-0.39, 0.29) is 24.0 Å². The van der Waals surface area contributed by atoms with Crippen molar-refractivity contribution in [2.24, 2.45) is 28.2 Å². The summed E-state index contributed by atoms with van der Waals surface area (Å²) in [6.45, 7) is 1.91. The summed E-state index contributed by atoms with van der Waals surface area (Å²) in [6.07, 6.45) is 6.96. The first-order valence-corrected chi connectivity index (χ1v) is 11.8. The molecule has 4 aromatic rings. The largest absolute Gasteiger partial charge is 0.464 e. The molecule has 0 unspecified atom stereocenters. The molecule has 11 heteroatoms. The molecule has 0 aromatic carbocycles. The lowest BCUT2D eigenvalue weighted by Gasteiger charge is -2.03. The number of amides is 2. The van der Waals surface area contributed by atoms with Crippen LogP contribution < -0.4 is 10.6 Å². The third-order valence-corrected chi connectivity index (χ3v) is 6.24. The maximum absolute atomic E-state index is 13.1. The zero-order chi connectivity index (χ0) is 27.7. The van der Waals surface area contributed by atoms with Crippen LogP contribution in [0.2, 0.25) is 0 Å². The number of hydrogen-bond acceptors (Lipinski definition) is 5. The molecule has 0 aliphatic heterocycles. The Morgan fingerprint density at radius 3 is 1.74 bits per heavy atom. The number of ketones is 1. The van der Waals surface area contributed by atoms with E-state index < -0.39 is 5.97 Å². The normalized spacial score (nSPS) is 10.9. The van der Waals surface area contributed by atoms with Crippen LogP contribution >= 0.6 is 0 Å². The molecule has 2 amide bonds. The number of anilines is 2. The zero-order valence-electron chi connectivity index (χ0n) is 22.2. The van der Waals surface area contributed by atoms with Crippen molar-refractivity contribution < 1.29 is 23.9 Å². The van der Waals surface area contributed by atoms with Gasteiger partial charge in [0, 0.05) is 59.4 Å². The molecule has 11 nitrogen and oxygen atoms in total. The number of carbonyl (C=O) groups excluding carboxylic acids is 4. The predicted molar refractivity (Wildman–Crippen MR) is 142 cm³/mol. The molecule has 0 atom stereocenters.